The Hall–Kier alpha value is -5.20. The first kappa shape index (κ1) is 31.3. The summed E-state index contributed by atoms with van der Waals surface area (Å²) in [6, 6.07) is 10.7. The molecule has 2 aromatic carbocycles. The predicted molar refractivity (Wildman–Crippen MR) is 161 cm³/mol. The number of benzene rings is 2. The van der Waals surface area contributed by atoms with E-state index >= 15 is 4.39 Å². The van der Waals surface area contributed by atoms with Gasteiger partial charge in [-0.15, -0.1) is 0 Å². The van der Waals surface area contributed by atoms with Crippen molar-refractivity contribution in [1.29, 1.82) is 5.41 Å². The molecule has 0 aliphatic carbocycles. The molecule has 12 nitrogen and oxygen atoms in total. The minimum atomic E-state index is -0.982. The molecule has 0 saturated carbocycles. The smallest absolute Gasteiger partial charge is 0.212 e. The Balaban J connectivity index is 0.00000114. The minimum absolute atomic E-state index is 0.0824. The number of pyridine rings is 1. The Labute approximate surface area is 243 Å². The Morgan fingerprint density at radius 2 is 1.98 bits per heavy atom. The lowest BCUT2D eigenvalue weighted by atomic mass is 9.96. The Morgan fingerprint density at radius 1 is 1.29 bits per heavy atom. The van der Waals surface area contributed by atoms with Gasteiger partial charge in [0.25, 0.3) is 0 Å². The van der Waals surface area contributed by atoms with Crippen LogP contribution < -0.4 is 36.6 Å². The van der Waals surface area contributed by atoms with E-state index in [-0.39, 0.29) is 28.8 Å². The third kappa shape index (κ3) is 7.71. The fourth-order valence-electron chi connectivity index (χ4n) is 4.19. The van der Waals surface area contributed by atoms with E-state index in [1.807, 2.05) is 0 Å². The zero-order valence-electron chi connectivity index (χ0n) is 23.9. The highest BCUT2D eigenvalue weighted by Crippen LogP contribution is 2.41. The largest absolute Gasteiger partial charge is 0.493 e. The Bertz CT molecular complexity index is 1460. The molecule has 0 bridgehead atoms. The molecule has 1 aromatic heterocycles. The van der Waals surface area contributed by atoms with Gasteiger partial charge in [0.15, 0.2) is 17.3 Å². The molecule has 1 amide bonds. The van der Waals surface area contributed by atoms with Gasteiger partial charge in [0.2, 0.25) is 6.41 Å². The van der Waals surface area contributed by atoms with Crippen LogP contribution in [-0.2, 0) is 16.0 Å². The molecule has 1 aliphatic heterocycles. The van der Waals surface area contributed by atoms with Crippen LogP contribution in [0.4, 0.5) is 21.6 Å². The number of nitrogen functional groups attached to an aromatic ring is 2. The first-order valence-corrected chi connectivity index (χ1v) is 13.0. The number of carbonyl (C=O) groups is 2. The number of halogens is 1. The number of hydrogen-bond donors (Lipinski definition) is 5. The van der Waals surface area contributed by atoms with E-state index in [1.54, 1.807) is 49.6 Å². The van der Waals surface area contributed by atoms with Crippen LogP contribution >= 0.6 is 0 Å². The Morgan fingerprint density at radius 3 is 2.57 bits per heavy atom. The monoisotopic (exact) mass is 578 g/mol. The summed E-state index contributed by atoms with van der Waals surface area (Å²) in [5, 5.41) is 19.5. The molecule has 222 valence electrons. The molecule has 13 heteroatoms. The number of amides is 1. The molecule has 3 aromatic rings. The van der Waals surface area contributed by atoms with Gasteiger partial charge in [0.05, 0.1) is 13.7 Å². The van der Waals surface area contributed by atoms with E-state index in [2.05, 4.69) is 20.7 Å². The number of amidine groups is 2. The zero-order chi connectivity index (χ0) is 30.8. The van der Waals surface area contributed by atoms with Crippen molar-refractivity contribution in [3.63, 3.8) is 0 Å². The number of ether oxygens (including phenoxy) is 2. The van der Waals surface area contributed by atoms with Crippen molar-refractivity contribution >= 4 is 41.1 Å². The van der Waals surface area contributed by atoms with Crippen LogP contribution in [-0.4, -0.2) is 49.6 Å². The first-order chi connectivity index (χ1) is 20.1. The van der Waals surface area contributed by atoms with Gasteiger partial charge in [-0.3, -0.25) is 15.2 Å². The maximum Gasteiger partial charge on any atom is 0.212 e. The number of methoxy groups -OCH3 is 1. The highest BCUT2D eigenvalue weighted by Gasteiger charge is 2.30. The fraction of sp³-hybridized carbons (Fsp3) is 0.276. The molecular weight excluding hydrogens is 543 g/mol. The maximum absolute atomic E-state index is 16.1. The third-order valence-electron chi connectivity index (χ3n) is 6.06. The van der Waals surface area contributed by atoms with Gasteiger partial charge in [-0.1, -0.05) is 0 Å². The second-order valence-corrected chi connectivity index (χ2v) is 9.40. The van der Waals surface area contributed by atoms with Gasteiger partial charge in [-0.2, -0.15) is 5.10 Å². The molecule has 42 heavy (non-hydrogen) atoms. The summed E-state index contributed by atoms with van der Waals surface area (Å²) in [6.45, 7) is 3.52. The fourth-order valence-corrected chi connectivity index (χ4v) is 4.19. The van der Waals surface area contributed by atoms with Gasteiger partial charge in [-0.25, -0.2) is 9.37 Å². The summed E-state index contributed by atoms with van der Waals surface area (Å²) in [4.78, 5) is 25.2. The topological polar surface area (TPSA) is 181 Å². The minimum Gasteiger partial charge on any atom is -0.493 e. The number of nitrogens with zero attached hydrogens (tertiary/aromatic N) is 3. The van der Waals surface area contributed by atoms with Crippen LogP contribution in [0.3, 0.4) is 0 Å². The molecule has 0 spiro atoms. The van der Waals surface area contributed by atoms with Gasteiger partial charge in [0.1, 0.15) is 35.0 Å². The number of hydrogen-bond acceptors (Lipinski definition) is 10. The first-order valence-electron chi connectivity index (χ1n) is 13.0. The van der Waals surface area contributed by atoms with Crippen LogP contribution in [0, 0.1) is 11.2 Å². The third-order valence-corrected chi connectivity index (χ3v) is 6.06. The van der Waals surface area contributed by atoms with E-state index in [0.717, 1.165) is 0 Å². The summed E-state index contributed by atoms with van der Waals surface area (Å²) in [7, 11) is 3.12. The number of anilines is 3. The van der Waals surface area contributed by atoms with Crippen LogP contribution in [0.25, 0.3) is 0 Å². The van der Waals surface area contributed by atoms with Crippen molar-refractivity contribution in [2.75, 3.05) is 36.8 Å². The molecule has 2 heterocycles. The van der Waals surface area contributed by atoms with Crippen LogP contribution in [0.15, 0.2) is 53.8 Å². The summed E-state index contributed by atoms with van der Waals surface area (Å²) in [5.74, 6) is 0.629. The maximum atomic E-state index is 16.1. The van der Waals surface area contributed by atoms with Gasteiger partial charge in [-0.05, 0) is 69.2 Å². The van der Waals surface area contributed by atoms with E-state index in [9.17, 15) is 9.59 Å². The normalized spacial score (nSPS) is 12.8. The lowest BCUT2D eigenvalue weighted by Crippen LogP contribution is -2.36. The van der Waals surface area contributed by atoms with Crippen LogP contribution in [0.2, 0.25) is 0 Å². The number of Topliss-reactive ketones (excluding diaryl/α,β-unsaturated/α-hetero) is 1. The van der Waals surface area contributed by atoms with E-state index in [4.69, 9.17) is 26.4 Å². The van der Waals surface area contributed by atoms with E-state index in [1.165, 1.54) is 32.0 Å². The molecule has 7 N–H and O–H groups in total. The lowest BCUT2D eigenvalue weighted by Gasteiger charge is -2.28. The summed E-state index contributed by atoms with van der Waals surface area (Å²) in [6.07, 6.45) is 3.12. The van der Waals surface area contributed by atoms with Crippen LogP contribution in [0.5, 0.6) is 11.5 Å². The Kier molecular flexibility index (Phi) is 10.8. The van der Waals surface area contributed by atoms with Crippen LogP contribution in [0.1, 0.15) is 43.0 Å². The predicted octanol–water partition coefficient (Wildman–Crippen LogP) is 3.36. The number of ketones is 1. The number of hydrazone groups is 1. The second-order valence-electron chi connectivity index (χ2n) is 9.40. The highest BCUT2D eigenvalue weighted by molar-refractivity contribution is 5.98. The summed E-state index contributed by atoms with van der Waals surface area (Å²) < 4.78 is 27.3. The van der Waals surface area contributed by atoms with Gasteiger partial charge < -0.3 is 36.4 Å². The second kappa shape index (κ2) is 14.4. The highest BCUT2D eigenvalue weighted by atomic mass is 19.1. The van der Waals surface area contributed by atoms with E-state index in [0.29, 0.717) is 59.9 Å². The number of fused-ring (bicyclic) bond motifs is 1. The molecule has 1 unspecified atom stereocenters. The molecule has 1 aliphatic rings. The number of nitrogens with two attached hydrogens (primary N) is 2. The molecule has 1 atom stereocenters. The van der Waals surface area contributed by atoms with E-state index < -0.39 is 11.9 Å². The van der Waals surface area contributed by atoms with Gasteiger partial charge in [0, 0.05) is 35.6 Å². The number of nitrogens with one attached hydrogen (secondary N) is 3. The quantitative estimate of drug-likeness (QED) is 0.110. The van der Waals surface area contributed by atoms with Crippen molar-refractivity contribution in [3.05, 3.63) is 71.2 Å². The number of aromatic nitrogens is 1. The van der Waals surface area contributed by atoms with Crippen molar-refractivity contribution in [1.82, 2.24) is 10.3 Å². The van der Waals surface area contributed by atoms with Crippen molar-refractivity contribution in [2.45, 2.75) is 32.7 Å². The molecule has 0 saturated heterocycles. The van der Waals surface area contributed by atoms with Crippen molar-refractivity contribution < 1.29 is 23.5 Å². The molecule has 4 rings (SSSR count). The summed E-state index contributed by atoms with van der Waals surface area (Å²) >= 11 is 0. The van der Waals surface area contributed by atoms with Crippen molar-refractivity contribution in [3.8, 4) is 11.5 Å². The molecular formula is C29H35FN8O4. The number of carbonyl (C=O) groups excluding carboxylic acids is 2. The summed E-state index contributed by atoms with van der Waals surface area (Å²) in [5.41, 5.74) is 13.7. The van der Waals surface area contributed by atoms with Crippen molar-refractivity contribution in [2.24, 2.45) is 10.8 Å². The average molecular weight is 579 g/mol. The molecule has 0 fully saturated rings. The lowest BCUT2D eigenvalue weighted by molar-refractivity contribution is -0.115. The molecule has 0 radical (unpaired) electrons. The van der Waals surface area contributed by atoms with Gasteiger partial charge >= 0.3 is 0 Å². The average Bonchev–Trinajstić information content (AvgIpc) is 2.96. The zero-order valence-corrected chi connectivity index (χ0v) is 23.9. The number of rotatable bonds is 9. The standard InChI is InChI=1S/C26H29FN8O3.C3H6O/c1-35(19-6-3-11-31-25(19)30)34-26(32-14-36)22(33-16-9-7-15(8-10-16)24(28)29)18-13-20(37-2)23-17(21(18)27)5-4-12-38-23;1-3(2)4/h3,6-11,13-14,22,33H,4-5,12H2,1-2H3,(H3,28,29)(H2,30,31)(H,32,34,36);1-2H3. The SMILES string of the molecule is CC(C)=O.COc1cc(C(Nc2ccc(C(=N)N)cc2)/C(=N/N(C)c2cccnc2N)NC=O)c(F)c2c1OCCC2.